The zero-order valence-electron chi connectivity index (χ0n) is 7.21. The lowest BCUT2D eigenvalue weighted by Gasteiger charge is -1.99. The van der Waals surface area contributed by atoms with Gasteiger partial charge in [0.2, 0.25) is 0 Å². The topological polar surface area (TPSA) is 17.1 Å². The van der Waals surface area contributed by atoms with Crippen LogP contribution in [0.4, 0.5) is 0 Å². The van der Waals surface area contributed by atoms with E-state index in [0.29, 0.717) is 0 Å². The first kappa shape index (κ1) is 9.41. The molecule has 1 aromatic rings. The van der Waals surface area contributed by atoms with Crippen LogP contribution in [-0.4, -0.2) is 11.9 Å². The van der Waals surface area contributed by atoms with Crippen LogP contribution in [0.15, 0.2) is 24.3 Å². The Morgan fingerprint density at radius 2 is 1.92 bits per heavy atom. The zero-order valence-corrected chi connectivity index (χ0v) is 8.36. The third kappa shape index (κ3) is 2.42. The van der Waals surface area contributed by atoms with Crippen molar-refractivity contribution < 1.29 is 4.79 Å². The van der Waals surface area contributed by atoms with E-state index in [1.807, 2.05) is 24.3 Å². The molecule has 0 aliphatic heterocycles. The van der Waals surface area contributed by atoms with Gasteiger partial charge in [-0.1, -0.05) is 24.3 Å². The molecule has 0 aliphatic carbocycles. The van der Waals surface area contributed by atoms with Gasteiger partial charge in [-0.2, -0.15) is 0 Å². The molecule has 1 aromatic carbocycles. The summed E-state index contributed by atoms with van der Waals surface area (Å²) in [4.78, 5) is 10.9. The molecule has 1 unspecified atom stereocenters. The molecule has 1 rings (SSSR count). The molecule has 1 atom stereocenters. The highest BCUT2D eigenvalue weighted by atomic mass is 31.0. The maximum absolute atomic E-state index is 10.9. The highest BCUT2D eigenvalue weighted by Gasteiger charge is 1.97. The van der Waals surface area contributed by atoms with Gasteiger partial charge in [-0.05, 0) is 25.1 Å². The van der Waals surface area contributed by atoms with Crippen LogP contribution < -0.4 is 0 Å². The molecule has 0 heterocycles. The van der Waals surface area contributed by atoms with E-state index in [2.05, 4.69) is 9.24 Å². The standard InChI is InChI=1S/C10H13OP/c1-8(11)10-4-2-9(3-5-10)6-7-12/h2-5H,6-7,12H2,1H3. The number of aryl methyl sites for hydroxylation is 1. The normalized spacial score (nSPS) is 9.83. The lowest BCUT2D eigenvalue weighted by Crippen LogP contribution is -1.92. The number of ketones is 1. The third-order valence-corrected chi connectivity index (χ3v) is 2.08. The second kappa shape index (κ2) is 4.37. The van der Waals surface area contributed by atoms with E-state index in [4.69, 9.17) is 0 Å². The van der Waals surface area contributed by atoms with E-state index in [1.54, 1.807) is 6.92 Å². The largest absolute Gasteiger partial charge is 0.295 e. The van der Waals surface area contributed by atoms with Crippen molar-refractivity contribution in [2.24, 2.45) is 0 Å². The van der Waals surface area contributed by atoms with Crippen molar-refractivity contribution in [2.75, 3.05) is 6.16 Å². The quantitative estimate of drug-likeness (QED) is 0.515. The molecule has 0 radical (unpaired) electrons. The van der Waals surface area contributed by atoms with Gasteiger partial charge in [0, 0.05) is 5.56 Å². The van der Waals surface area contributed by atoms with E-state index in [1.165, 1.54) is 5.56 Å². The molecule has 0 spiro atoms. The predicted octanol–water partition coefficient (Wildman–Crippen LogP) is 2.31. The summed E-state index contributed by atoms with van der Waals surface area (Å²) in [5, 5.41) is 0. The van der Waals surface area contributed by atoms with Gasteiger partial charge in [0.1, 0.15) is 0 Å². The Kier molecular flexibility index (Phi) is 3.43. The molecule has 0 N–H and O–H groups in total. The number of Topliss-reactive ketones (excluding diaryl/α,β-unsaturated/α-hetero) is 1. The van der Waals surface area contributed by atoms with Crippen LogP contribution in [0.3, 0.4) is 0 Å². The summed E-state index contributed by atoms with van der Waals surface area (Å²) >= 11 is 0. The summed E-state index contributed by atoms with van der Waals surface area (Å²) < 4.78 is 0. The van der Waals surface area contributed by atoms with Crippen LogP contribution in [0, 0.1) is 0 Å². The first-order valence-electron chi connectivity index (χ1n) is 4.04. The molecule has 0 aliphatic rings. The van der Waals surface area contributed by atoms with Gasteiger partial charge in [0.05, 0.1) is 0 Å². The Morgan fingerprint density at radius 1 is 1.33 bits per heavy atom. The van der Waals surface area contributed by atoms with Crippen molar-refractivity contribution in [3.63, 3.8) is 0 Å². The van der Waals surface area contributed by atoms with E-state index in [9.17, 15) is 4.79 Å². The van der Waals surface area contributed by atoms with Crippen LogP contribution >= 0.6 is 9.24 Å². The van der Waals surface area contributed by atoms with Gasteiger partial charge in [-0.25, -0.2) is 0 Å². The monoisotopic (exact) mass is 180 g/mol. The smallest absolute Gasteiger partial charge is 0.159 e. The van der Waals surface area contributed by atoms with Crippen molar-refractivity contribution in [2.45, 2.75) is 13.3 Å². The van der Waals surface area contributed by atoms with Gasteiger partial charge in [0.15, 0.2) is 5.78 Å². The Morgan fingerprint density at radius 3 is 2.33 bits per heavy atom. The number of rotatable bonds is 3. The van der Waals surface area contributed by atoms with Crippen molar-refractivity contribution in [3.05, 3.63) is 35.4 Å². The average molecular weight is 180 g/mol. The SMILES string of the molecule is CC(=O)c1ccc(CCP)cc1. The lowest BCUT2D eigenvalue weighted by molar-refractivity contribution is 0.101. The average Bonchev–Trinajstić information content (AvgIpc) is 2.06. The van der Waals surface area contributed by atoms with Crippen molar-refractivity contribution >= 4 is 15.0 Å². The maximum atomic E-state index is 10.9. The fourth-order valence-electron chi connectivity index (χ4n) is 1.07. The molecule has 64 valence electrons. The first-order chi connectivity index (χ1) is 5.74. The molecule has 0 bridgehead atoms. The van der Waals surface area contributed by atoms with Crippen LogP contribution in [0.2, 0.25) is 0 Å². The molecule has 0 amide bonds. The van der Waals surface area contributed by atoms with E-state index < -0.39 is 0 Å². The summed E-state index contributed by atoms with van der Waals surface area (Å²) in [5.41, 5.74) is 2.08. The van der Waals surface area contributed by atoms with Crippen LogP contribution in [0.1, 0.15) is 22.8 Å². The molecule has 0 saturated heterocycles. The fraction of sp³-hybridized carbons (Fsp3) is 0.300. The predicted molar refractivity (Wildman–Crippen MR) is 54.7 cm³/mol. The summed E-state index contributed by atoms with van der Waals surface area (Å²) in [6.07, 6.45) is 2.13. The van der Waals surface area contributed by atoms with E-state index in [0.717, 1.165) is 18.1 Å². The second-order valence-corrected chi connectivity index (χ2v) is 3.37. The minimum Gasteiger partial charge on any atom is -0.295 e. The van der Waals surface area contributed by atoms with Crippen LogP contribution in [-0.2, 0) is 6.42 Å². The molecule has 0 fully saturated rings. The summed E-state index contributed by atoms with van der Waals surface area (Å²) in [6, 6.07) is 7.80. The fourth-order valence-corrected chi connectivity index (χ4v) is 1.41. The molecule has 0 saturated carbocycles. The number of hydrogen-bond donors (Lipinski definition) is 0. The van der Waals surface area contributed by atoms with Crippen molar-refractivity contribution in [1.29, 1.82) is 0 Å². The zero-order chi connectivity index (χ0) is 8.97. The molecule has 1 nitrogen and oxygen atoms in total. The molecule has 12 heavy (non-hydrogen) atoms. The highest BCUT2D eigenvalue weighted by Crippen LogP contribution is 2.06. The number of carbonyl (C=O) groups excluding carboxylic acids is 1. The van der Waals surface area contributed by atoms with Gasteiger partial charge >= 0.3 is 0 Å². The molecular formula is C10H13OP. The number of carbonyl (C=O) groups is 1. The maximum Gasteiger partial charge on any atom is 0.159 e. The summed E-state index contributed by atoms with van der Waals surface area (Å²) in [5.74, 6) is 0.132. The molecule has 0 aromatic heterocycles. The number of benzene rings is 1. The van der Waals surface area contributed by atoms with E-state index in [-0.39, 0.29) is 5.78 Å². The van der Waals surface area contributed by atoms with E-state index >= 15 is 0 Å². The second-order valence-electron chi connectivity index (χ2n) is 2.79. The minimum atomic E-state index is 0.132. The highest BCUT2D eigenvalue weighted by molar-refractivity contribution is 7.16. The van der Waals surface area contributed by atoms with Gasteiger partial charge < -0.3 is 0 Å². The summed E-state index contributed by atoms with van der Waals surface area (Å²) in [6.45, 7) is 1.59. The van der Waals surface area contributed by atoms with Gasteiger partial charge in [-0.3, -0.25) is 4.79 Å². The third-order valence-electron chi connectivity index (χ3n) is 1.79. The van der Waals surface area contributed by atoms with Crippen LogP contribution in [0.25, 0.3) is 0 Å². The Hall–Kier alpha value is -0.680. The van der Waals surface area contributed by atoms with Crippen molar-refractivity contribution in [1.82, 2.24) is 0 Å². The number of hydrogen-bond acceptors (Lipinski definition) is 1. The lowest BCUT2D eigenvalue weighted by atomic mass is 10.1. The molecular weight excluding hydrogens is 167 g/mol. The van der Waals surface area contributed by atoms with Gasteiger partial charge in [-0.15, -0.1) is 9.24 Å². The van der Waals surface area contributed by atoms with Gasteiger partial charge in [0.25, 0.3) is 0 Å². The van der Waals surface area contributed by atoms with Crippen LogP contribution in [0.5, 0.6) is 0 Å². The minimum absolute atomic E-state index is 0.132. The molecule has 2 heteroatoms. The Labute approximate surface area is 75.4 Å². The Bertz CT molecular complexity index is 264. The van der Waals surface area contributed by atoms with Crippen molar-refractivity contribution in [3.8, 4) is 0 Å². The summed E-state index contributed by atoms with van der Waals surface area (Å²) in [7, 11) is 2.69. The Balaban J connectivity index is 2.78. The first-order valence-corrected chi connectivity index (χ1v) is 4.85.